The van der Waals surface area contributed by atoms with Crippen LogP contribution in [0, 0.1) is 5.82 Å². The molecule has 0 radical (unpaired) electrons. The van der Waals surface area contributed by atoms with Gasteiger partial charge in [-0.15, -0.1) is 0 Å². The number of amides is 2. The van der Waals surface area contributed by atoms with Gasteiger partial charge in [0.25, 0.3) is 11.8 Å². The number of nitrogens with one attached hydrogen (secondary N) is 2. The summed E-state index contributed by atoms with van der Waals surface area (Å²) >= 11 is 0. The molecule has 0 aliphatic carbocycles. The zero-order chi connectivity index (χ0) is 21.8. The van der Waals surface area contributed by atoms with Gasteiger partial charge in [0.2, 0.25) is 0 Å². The largest absolute Gasteiger partial charge is 0.394 e. The minimum atomic E-state index is -0.680. The molecule has 7 nitrogen and oxygen atoms in total. The number of aliphatic hydroxyl groups excluding tert-OH is 1. The average Bonchev–Trinajstić information content (AvgIpc) is 3.23. The maximum atomic E-state index is 14.3. The molecule has 2 aromatic carbocycles. The van der Waals surface area contributed by atoms with Crippen LogP contribution in [0.3, 0.4) is 0 Å². The molecule has 2 amide bonds. The molecule has 8 heteroatoms. The van der Waals surface area contributed by atoms with Crippen molar-refractivity contribution in [2.45, 2.75) is 6.04 Å². The fourth-order valence-electron chi connectivity index (χ4n) is 3.21. The predicted octanol–water partition coefficient (Wildman–Crippen LogP) is 3.19. The summed E-state index contributed by atoms with van der Waals surface area (Å²) in [6.07, 6.45) is 3.07. The van der Waals surface area contributed by atoms with Gasteiger partial charge in [0, 0.05) is 11.8 Å². The van der Waals surface area contributed by atoms with Gasteiger partial charge < -0.3 is 15.7 Å². The highest BCUT2D eigenvalue weighted by atomic mass is 19.1. The predicted molar refractivity (Wildman–Crippen MR) is 113 cm³/mol. The van der Waals surface area contributed by atoms with E-state index in [-0.39, 0.29) is 23.6 Å². The summed E-state index contributed by atoms with van der Waals surface area (Å²) < 4.78 is 15.9. The van der Waals surface area contributed by atoms with E-state index in [0.717, 1.165) is 11.6 Å². The van der Waals surface area contributed by atoms with Gasteiger partial charge in [0.1, 0.15) is 17.2 Å². The first-order chi connectivity index (χ1) is 15.1. The van der Waals surface area contributed by atoms with Crippen LogP contribution in [0.15, 0.2) is 79.1 Å². The van der Waals surface area contributed by atoms with E-state index < -0.39 is 23.7 Å². The Kier molecular flexibility index (Phi) is 5.72. The van der Waals surface area contributed by atoms with Crippen molar-refractivity contribution in [3.05, 3.63) is 102 Å². The van der Waals surface area contributed by atoms with Crippen LogP contribution in [0.2, 0.25) is 0 Å². The van der Waals surface area contributed by atoms with E-state index in [2.05, 4.69) is 15.6 Å². The Morgan fingerprint density at radius 1 is 1.03 bits per heavy atom. The Morgan fingerprint density at radius 2 is 1.81 bits per heavy atom. The van der Waals surface area contributed by atoms with Gasteiger partial charge in [-0.05, 0) is 35.9 Å². The third kappa shape index (κ3) is 4.29. The van der Waals surface area contributed by atoms with Crippen molar-refractivity contribution in [3.63, 3.8) is 0 Å². The van der Waals surface area contributed by atoms with Gasteiger partial charge in [-0.25, -0.2) is 9.37 Å². The Balaban J connectivity index is 1.54. The molecular formula is C23H19FN4O3. The lowest BCUT2D eigenvalue weighted by molar-refractivity contribution is 0.0915. The maximum Gasteiger partial charge on any atom is 0.274 e. The van der Waals surface area contributed by atoms with E-state index in [4.69, 9.17) is 0 Å². The highest BCUT2D eigenvalue weighted by molar-refractivity contribution is 6.04. The Hall–Kier alpha value is -4.04. The molecule has 0 bridgehead atoms. The van der Waals surface area contributed by atoms with E-state index in [1.54, 1.807) is 53.1 Å². The number of carbonyl (C=O) groups excluding carboxylic acids is 2. The number of benzene rings is 2. The summed E-state index contributed by atoms with van der Waals surface area (Å²) in [5.74, 6) is -1.75. The molecule has 4 rings (SSSR count). The van der Waals surface area contributed by atoms with Gasteiger partial charge in [-0.2, -0.15) is 0 Å². The smallest absolute Gasteiger partial charge is 0.274 e. The molecule has 0 aliphatic rings. The molecule has 3 N–H and O–H groups in total. The molecule has 0 unspecified atom stereocenters. The number of aliphatic hydroxyl groups is 1. The van der Waals surface area contributed by atoms with Crippen LogP contribution in [-0.2, 0) is 0 Å². The first-order valence-electron chi connectivity index (χ1n) is 9.56. The van der Waals surface area contributed by atoms with E-state index in [1.165, 1.54) is 18.3 Å². The van der Waals surface area contributed by atoms with Gasteiger partial charge in [-0.1, -0.05) is 36.4 Å². The van der Waals surface area contributed by atoms with Gasteiger partial charge in [0.05, 0.1) is 24.5 Å². The molecular weight excluding hydrogens is 399 g/mol. The number of rotatable bonds is 6. The molecule has 0 aliphatic heterocycles. The van der Waals surface area contributed by atoms with Crippen molar-refractivity contribution in [1.82, 2.24) is 14.7 Å². The third-order valence-electron chi connectivity index (χ3n) is 4.82. The van der Waals surface area contributed by atoms with Gasteiger partial charge >= 0.3 is 0 Å². The highest BCUT2D eigenvalue weighted by Gasteiger charge is 2.18. The molecule has 0 fully saturated rings. The first kappa shape index (κ1) is 20.2. The highest BCUT2D eigenvalue weighted by Crippen LogP contribution is 2.19. The number of hydrogen-bond donors (Lipinski definition) is 3. The minimum Gasteiger partial charge on any atom is -0.394 e. The van der Waals surface area contributed by atoms with Crippen LogP contribution in [0.5, 0.6) is 0 Å². The molecule has 0 saturated carbocycles. The van der Waals surface area contributed by atoms with E-state index in [0.29, 0.717) is 5.65 Å². The van der Waals surface area contributed by atoms with E-state index in [9.17, 15) is 19.1 Å². The number of anilines is 1. The van der Waals surface area contributed by atoms with Crippen LogP contribution in [0.1, 0.15) is 32.5 Å². The third-order valence-corrected chi connectivity index (χ3v) is 4.82. The van der Waals surface area contributed by atoms with Crippen molar-refractivity contribution < 1.29 is 19.1 Å². The summed E-state index contributed by atoms with van der Waals surface area (Å²) in [6, 6.07) is 17.4. The molecule has 2 heterocycles. The van der Waals surface area contributed by atoms with Crippen molar-refractivity contribution in [1.29, 1.82) is 0 Å². The molecule has 2 aromatic heterocycles. The van der Waals surface area contributed by atoms with Crippen LogP contribution in [-0.4, -0.2) is 32.9 Å². The molecule has 0 saturated heterocycles. The molecule has 31 heavy (non-hydrogen) atoms. The van der Waals surface area contributed by atoms with E-state index >= 15 is 0 Å². The number of nitrogens with zero attached hydrogens (tertiary/aromatic N) is 2. The number of aromatic nitrogens is 2. The topological polar surface area (TPSA) is 95.7 Å². The van der Waals surface area contributed by atoms with Crippen molar-refractivity contribution in [2.75, 3.05) is 11.9 Å². The first-order valence-corrected chi connectivity index (χ1v) is 9.56. The lowest BCUT2D eigenvalue weighted by atomic mass is 10.1. The number of pyridine rings is 1. The quantitative estimate of drug-likeness (QED) is 0.448. The van der Waals surface area contributed by atoms with Crippen LogP contribution in [0.25, 0.3) is 5.65 Å². The van der Waals surface area contributed by atoms with Crippen molar-refractivity contribution >= 4 is 23.1 Å². The Morgan fingerprint density at radius 3 is 2.58 bits per heavy atom. The molecule has 156 valence electrons. The van der Waals surface area contributed by atoms with Crippen molar-refractivity contribution in [3.8, 4) is 0 Å². The van der Waals surface area contributed by atoms with Crippen LogP contribution < -0.4 is 10.6 Å². The average molecular weight is 418 g/mol. The number of halogens is 1. The lowest BCUT2D eigenvalue weighted by Crippen LogP contribution is -2.30. The standard InChI is InChI=1S/C23H19FN4O3/c24-17-10-9-16(22(30)27-19(14-29)15-6-2-1-3-7-15)12-18(17)26-23(31)20-13-25-21-8-4-5-11-28(20)21/h1-13,19,29H,14H2,(H,26,31)(H,27,30)/t19-/m0/s1. The second-order valence-electron chi connectivity index (χ2n) is 6.84. The van der Waals surface area contributed by atoms with Crippen LogP contribution in [0.4, 0.5) is 10.1 Å². The fourth-order valence-corrected chi connectivity index (χ4v) is 3.21. The SMILES string of the molecule is O=C(N[C@@H](CO)c1ccccc1)c1ccc(F)c(NC(=O)c2cnc3ccccn23)c1. The van der Waals surface area contributed by atoms with Crippen molar-refractivity contribution in [2.24, 2.45) is 0 Å². The van der Waals surface area contributed by atoms with Crippen LogP contribution >= 0.6 is 0 Å². The monoisotopic (exact) mass is 418 g/mol. The fraction of sp³-hybridized carbons (Fsp3) is 0.0870. The molecule has 0 spiro atoms. The normalized spacial score (nSPS) is 11.8. The summed E-state index contributed by atoms with van der Waals surface area (Å²) in [7, 11) is 0. The Labute approximate surface area is 177 Å². The Bertz CT molecular complexity index is 1240. The second-order valence-corrected chi connectivity index (χ2v) is 6.84. The second kappa shape index (κ2) is 8.76. The number of fused-ring (bicyclic) bond motifs is 1. The zero-order valence-corrected chi connectivity index (χ0v) is 16.3. The summed E-state index contributed by atoms with van der Waals surface area (Å²) in [5, 5.41) is 14.9. The maximum absolute atomic E-state index is 14.3. The number of imidazole rings is 1. The number of hydrogen-bond acceptors (Lipinski definition) is 4. The summed E-state index contributed by atoms with van der Waals surface area (Å²) in [4.78, 5) is 29.5. The lowest BCUT2D eigenvalue weighted by Gasteiger charge is -2.17. The summed E-state index contributed by atoms with van der Waals surface area (Å²) in [5.41, 5.74) is 1.56. The van der Waals surface area contributed by atoms with Gasteiger partial charge in [0.15, 0.2) is 0 Å². The molecule has 4 aromatic rings. The zero-order valence-electron chi connectivity index (χ0n) is 16.3. The van der Waals surface area contributed by atoms with E-state index in [1.807, 2.05) is 6.07 Å². The molecule has 1 atom stereocenters. The summed E-state index contributed by atoms with van der Waals surface area (Å²) in [6.45, 7) is -0.297. The number of carbonyl (C=O) groups is 2. The minimum absolute atomic E-state index is 0.135. The van der Waals surface area contributed by atoms with Gasteiger partial charge in [-0.3, -0.25) is 14.0 Å².